The minimum Gasteiger partial charge on any atom is -0.316 e. The lowest BCUT2D eigenvalue weighted by Gasteiger charge is -2.28. The third-order valence-corrected chi connectivity index (χ3v) is 4.36. The Kier molecular flexibility index (Phi) is 3.05. The minimum atomic E-state index is 0.172. The molecule has 0 aliphatic carbocycles. The molecule has 0 amide bonds. The third-order valence-electron chi connectivity index (χ3n) is 4.36. The maximum atomic E-state index is 4.92. The lowest BCUT2D eigenvalue weighted by atomic mass is 9.83. The van der Waals surface area contributed by atoms with Crippen LogP contribution in [0.25, 0.3) is 11.2 Å². The molecule has 4 nitrogen and oxygen atoms in total. The minimum absolute atomic E-state index is 0.172. The maximum Gasteiger partial charge on any atom is 0.160 e. The molecule has 3 rings (SSSR count). The zero-order chi connectivity index (χ0) is 13.5. The number of nitrogens with one attached hydrogen (secondary N) is 1. The summed E-state index contributed by atoms with van der Waals surface area (Å²) >= 11 is 0. The highest BCUT2D eigenvalue weighted by atomic mass is 15.2. The molecule has 19 heavy (non-hydrogen) atoms. The Morgan fingerprint density at radius 3 is 2.95 bits per heavy atom. The van der Waals surface area contributed by atoms with Crippen molar-refractivity contribution in [2.45, 2.75) is 45.1 Å². The average molecular weight is 258 g/mol. The van der Waals surface area contributed by atoms with Gasteiger partial charge in [0.25, 0.3) is 0 Å². The number of pyridine rings is 1. The first-order valence-corrected chi connectivity index (χ1v) is 7.22. The summed E-state index contributed by atoms with van der Waals surface area (Å²) in [6.07, 6.45) is 4.15. The van der Waals surface area contributed by atoms with Crippen LogP contribution in [-0.4, -0.2) is 27.6 Å². The molecule has 0 radical (unpaired) electrons. The van der Waals surface area contributed by atoms with Crippen molar-refractivity contribution in [3.05, 3.63) is 24.2 Å². The van der Waals surface area contributed by atoms with Gasteiger partial charge in [0.05, 0.1) is 0 Å². The molecule has 1 unspecified atom stereocenters. The van der Waals surface area contributed by atoms with E-state index in [-0.39, 0.29) is 5.41 Å². The molecule has 0 aromatic carbocycles. The fourth-order valence-electron chi connectivity index (χ4n) is 3.19. The van der Waals surface area contributed by atoms with Crippen molar-refractivity contribution >= 4 is 11.2 Å². The highest BCUT2D eigenvalue weighted by Gasteiger charge is 2.39. The molecule has 1 aliphatic rings. The number of hydrogen-bond donors (Lipinski definition) is 1. The van der Waals surface area contributed by atoms with Crippen LogP contribution < -0.4 is 5.32 Å². The molecular weight excluding hydrogens is 236 g/mol. The highest BCUT2D eigenvalue weighted by Crippen LogP contribution is 2.36. The van der Waals surface area contributed by atoms with Crippen LogP contribution in [0.3, 0.4) is 0 Å². The zero-order valence-electron chi connectivity index (χ0n) is 12.0. The van der Waals surface area contributed by atoms with Gasteiger partial charge < -0.3 is 9.88 Å². The quantitative estimate of drug-likeness (QED) is 0.920. The molecule has 1 saturated heterocycles. The van der Waals surface area contributed by atoms with E-state index in [1.807, 2.05) is 12.3 Å². The van der Waals surface area contributed by atoms with Gasteiger partial charge >= 0.3 is 0 Å². The van der Waals surface area contributed by atoms with Crippen LogP contribution >= 0.6 is 0 Å². The Hall–Kier alpha value is -1.42. The average Bonchev–Trinajstić information content (AvgIpc) is 3.03. The number of imidazole rings is 1. The van der Waals surface area contributed by atoms with E-state index in [4.69, 9.17) is 4.98 Å². The molecule has 2 aromatic heterocycles. The van der Waals surface area contributed by atoms with Gasteiger partial charge in [-0.1, -0.05) is 6.92 Å². The second kappa shape index (κ2) is 4.60. The molecule has 2 aromatic rings. The van der Waals surface area contributed by atoms with Crippen LogP contribution in [0, 0.1) is 0 Å². The summed E-state index contributed by atoms with van der Waals surface area (Å²) in [6, 6.07) is 4.42. The first-order chi connectivity index (χ1) is 9.18. The summed E-state index contributed by atoms with van der Waals surface area (Å²) in [7, 11) is 0. The van der Waals surface area contributed by atoms with Crippen molar-refractivity contribution < 1.29 is 0 Å². The van der Waals surface area contributed by atoms with Crippen molar-refractivity contribution in [1.29, 1.82) is 0 Å². The van der Waals surface area contributed by atoms with E-state index in [1.54, 1.807) is 0 Å². The van der Waals surface area contributed by atoms with Gasteiger partial charge in [-0.25, -0.2) is 9.97 Å². The molecule has 0 spiro atoms. The molecule has 0 bridgehead atoms. The lowest BCUT2D eigenvalue weighted by Crippen LogP contribution is -2.32. The number of nitrogens with zero attached hydrogens (tertiary/aromatic N) is 3. The molecule has 1 atom stereocenters. The Labute approximate surface area is 114 Å². The number of hydrogen-bond acceptors (Lipinski definition) is 3. The SMILES string of the molecule is CCC1(c2nc3cccnc3n2C(C)C)CCNC1. The van der Waals surface area contributed by atoms with E-state index in [2.05, 4.69) is 41.7 Å². The maximum absolute atomic E-state index is 4.92. The van der Waals surface area contributed by atoms with Crippen molar-refractivity contribution in [3.63, 3.8) is 0 Å². The largest absolute Gasteiger partial charge is 0.316 e. The molecule has 1 fully saturated rings. The van der Waals surface area contributed by atoms with Gasteiger partial charge in [0.1, 0.15) is 11.3 Å². The van der Waals surface area contributed by atoms with E-state index in [9.17, 15) is 0 Å². The van der Waals surface area contributed by atoms with Gasteiger partial charge in [-0.05, 0) is 45.4 Å². The smallest absolute Gasteiger partial charge is 0.160 e. The summed E-state index contributed by atoms with van der Waals surface area (Å²) in [5.41, 5.74) is 2.21. The molecule has 4 heteroatoms. The molecule has 3 heterocycles. The van der Waals surface area contributed by atoms with Crippen LogP contribution in [0.4, 0.5) is 0 Å². The Morgan fingerprint density at radius 1 is 1.47 bits per heavy atom. The molecule has 1 aliphatic heterocycles. The first kappa shape index (κ1) is 12.6. The summed E-state index contributed by atoms with van der Waals surface area (Å²) in [5, 5.41) is 3.50. The summed E-state index contributed by atoms with van der Waals surface area (Å²) in [6.45, 7) is 8.81. The van der Waals surface area contributed by atoms with Gasteiger partial charge in [0, 0.05) is 24.2 Å². The Balaban J connectivity index is 2.25. The van der Waals surface area contributed by atoms with Crippen LogP contribution in [0.1, 0.15) is 45.5 Å². The Morgan fingerprint density at radius 2 is 2.32 bits per heavy atom. The summed E-state index contributed by atoms with van der Waals surface area (Å²) in [5.74, 6) is 1.21. The molecular formula is C15H22N4. The predicted molar refractivity (Wildman–Crippen MR) is 77.4 cm³/mol. The van der Waals surface area contributed by atoms with E-state index in [1.165, 1.54) is 12.2 Å². The summed E-state index contributed by atoms with van der Waals surface area (Å²) < 4.78 is 2.33. The monoisotopic (exact) mass is 258 g/mol. The fourth-order valence-corrected chi connectivity index (χ4v) is 3.19. The van der Waals surface area contributed by atoms with Crippen LogP contribution in [0.15, 0.2) is 18.3 Å². The van der Waals surface area contributed by atoms with Gasteiger partial charge in [0.15, 0.2) is 5.65 Å². The molecule has 102 valence electrons. The number of aromatic nitrogens is 3. The zero-order valence-corrected chi connectivity index (χ0v) is 12.0. The normalized spacial score (nSPS) is 23.6. The van der Waals surface area contributed by atoms with Gasteiger partial charge in [-0.15, -0.1) is 0 Å². The van der Waals surface area contributed by atoms with E-state index in [0.717, 1.165) is 30.7 Å². The second-order valence-corrected chi connectivity index (χ2v) is 5.81. The number of rotatable bonds is 3. The molecule has 1 N–H and O–H groups in total. The first-order valence-electron chi connectivity index (χ1n) is 7.22. The van der Waals surface area contributed by atoms with E-state index in [0.29, 0.717) is 6.04 Å². The van der Waals surface area contributed by atoms with Crippen LogP contribution in [-0.2, 0) is 5.41 Å². The predicted octanol–water partition coefficient (Wildman–Crippen LogP) is 2.65. The van der Waals surface area contributed by atoms with Gasteiger partial charge in [0.2, 0.25) is 0 Å². The second-order valence-electron chi connectivity index (χ2n) is 5.81. The standard InChI is InChI=1S/C15H22N4/c1-4-15(7-9-16-10-15)14-18-12-6-5-8-17-13(12)19(14)11(2)3/h5-6,8,11,16H,4,7,9-10H2,1-3H3. The van der Waals surface area contributed by atoms with Crippen molar-refractivity contribution in [2.24, 2.45) is 0 Å². The van der Waals surface area contributed by atoms with E-state index >= 15 is 0 Å². The Bertz CT molecular complexity index is 579. The highest BCUT2D eigenvalue weighted by molar-refractivity contribution is 5.71. The topological polar surface area (TPSA) is 42.7 Å². The van der Waals surface area contributed by atoms with Crippen molar-refractivity contribution in [3.8, 4) is 0 Å². The van der Waals surface area contributed by atoms with Crippen LogP contribution in [0.2, 0.25) is 0 Å². The van der Waals surface area contributed by atoms with Crippen LogP contribution in [0.5, 0.6) is 0 Å². The van der Waals surface area contributed by atoms with Crippen molar-refractivity contribution in [1.82, 2.24) is 19.9 Å². The van der Waals surface area contributed by atoms with Gasteiger partial charge in [-0.2, -0.15) is 0 Å². The van der Waals surface area contributed by atoms with Gasteiger partial charge in [-0.3, -0.25) is 0 Å². The van der Waals surface area contributed by atoms with Crippen molar-refractivity contribution in [2.75, 3.05) is 13.1 Å². The fraction of sp³-hybridized carbons (Fsp3) is 0.600. The van der Waals surface area contributed by atoms with E-state index < -0.39 is 0 Å². The molecule has 0 saturated carbocycles. The summed E-state index contributed by atoms with van der Waals surface area (Å²) in [4.78, 5) is 9.46. The lowest BCUT2D eigenvalue weighted by molar-refractivity contribution is 0.394. The third kappa shape index (κ3) is 1.86. The number of fused-ring (bicyclic) bond motifs is 1.